The third kappa shape index (κ3) is 3.33. The fraction of sp³-hybridized carbons (Fsp3) is 0.562. The van der Waals surface area contributed by atoms with Crippen LogP contribution in [0.25, 0.3) is 0 Å². The van der Waals surface area contributed by atoms with Gasteiger partial charge in [-0.15, -0.1) is 0 Å². The van der Waals surface area contributed by atoms with Gasteiger partial charge in [0.15, 0.2) is 0 Å². The summed E-state index contributed by atoms with van der Waals surface area (Å²) in [7, 11) is 0. The van der Waals surface area contributed by atoms with Gasteiger partial charge in [0.25, 0.3) is 0 Å². The van der Waals surface area contributed by atoms with Crippen molar-refractivity contribution >= 4 is 11.6 Å². The Hall–Kier alpha value is -1.26. The first kappa shape index (κ1) is 16.1. The highest BCUT2D eigenvalue weighted by Crippen LogP contribution is 2.33. The summed E-state index contributed by atoms with van der Waals surface area (Å²) in [6, 6.07) is 2.34. The number of nitrogens with zero attached hydrogens (tertiary/aromatic N) is 2. The maximum absolute atomic E-state index is 6.42. The van der Waals surface area contributed by atoms with Crippen molar-refractivity contribution in [3.8, 4) is 0 Å². The molecule has 0 radical (unpaired) electrons. The van der Waals surface area contributed by atoms with Gasteiger partial charge in [0.05, 0.1) is 23.0 Å². The van der Waals surface area contributed by atoms with Gasteiger partial charge in [-0.25, -0.2) is 0 Å². The zero-order valence-corrected chi connectivity index (χ0v) is 14.2. The van der Waals surface area contributed by atoms with Crippen molar-refractivity contribution in [3.63, 3.8) is 0 Å². The lowest BCUT2D eigenvalue weighted by Crippen LogP contribution is -2.27. The standard InChI is InChI=1S/C16H24ClN3O/c1-6-7-18-15(13-8-11(4)21-12(13)5)16-14(17)9-19-20(16)10(2)3/h8-10,15,18H,6-7H2,1-5H3. The fourth-order valence-electron chi connectivity index (χ4n) is 2.61. The molecule has 0 bridgehead atoms. The van der Waals surface area contributed by atoms with Crippen molar-refractivity contribution in [1.29, 1.82) is 0 Å². The van der Waals surface area contributed by atoms with Crippen LogP contribution < -0.4 is 5.32 Å². The third-order valence-electron chi connectivity index (χ3n) is 3.54. The minimum atomic E-state index is -0.000185. The van der Waals surface area contributed by atoms with Crippen LogP contribution >= 0.6 is 11.6 Å². The molecule has 0 saturated heterocycles. The van der Waals surface area contributed by atoms with Gasteiger partial charge in [-0.3, -0.25) is 4.68 Å². The van der Waals surface area contributed by atoms with Crippen LogP contribution in [0.15, 0.2) is 16.7 Å². The van der Waals surface area contributed by atoms with E-state index in [2.05, 4.69) is 37.3 Å². The third-order valence-corrected chi connectivity index (χ3v) is 3.83. The minimum Gasteiger partial charge on any atom is -0.466 e. The number of aryl methyl sites for hydroxylation is 2. The number of hydrogen-bond donors (Lipinski definition) is 1. The first-order chi connectivity index (χ1) is 9.95. The Bertz CT molecular complexity index is 601. The summed E-state index contributed by atoms with van der Waals surface area (Å²) < 4.78 is 7.68. The molecule has 0 fully saturated rings. The van der Waals surface area contributed by atoms with Gasteiger partial charge in [0, 0.05) is 11.6 Å². The van der Waals surface area contributed by atoms with E-state index in [-0.39, 0.29) is 12.1 Å². The number of halogens is 1. The van der Waals surface area contributed by atoms with E-state index in [0.717, 1.165) is 35.7 Å². The molecule has 2 rings (SSSR count). The Kier molecular flexibility index (Phi) is 5.12. The quantitative estimate of drug-likeness (QED) is 0.859. The van der Waals surface area contributed by atoms with Crippen molar-refractivity contribution in [2.45, 2.75) is 53.1 Å². The Morgan fingerprint density at radius 1 is 1.38 bits per heavy atom. The lowest BCUT2D eigenvalue weighted by atomic mass is 10.0. The molecule has 2 heterocycles. The Morgan fingerprint density at radius 3 is 2.62 bits per heavy atom. The van der Waals surface area contributed by atoms with E-state index in [1.54, 1.807) is 6.20 Å². The molecule has 0 aromatic carbocycles. The predicted octanol–water partition coefficient (Wildman–Crippen LogP) is 4.42. The molecule has 5 heteroatoms. The average molecular weight is 310 g/mol. The van der Waals surface area contributed by atoms with Crippen molar-refractivity contribution in [3.05, 3.63) is 40.1 Å². The Balaban J connectivity index is 2.50. The van der Waals surface area contributed by atoms with Crippen LogP contribution in [0.3, 0.4) is 0 Å². The average Bonchev–Trinajstić information content (AvgIpc) is 2.94. The van der Waals surface area contributed by atoms with Crippen molar-refractivity contribution in [2.75, 3.05) is 6.54 Å². The van der Waals surface area contributed by atoms with Crippen LogP contribution in [0.5, 0.6) is 0 Å². The van der Waals surface area contributed by atoms with E-state index < -0.39 is 0 Å². The van der Waals surface area contributed by atoms with Crippen molar-refractivity contribution in [2.24, 2.45) is 0 Å². The maximum Gasteiger partial charge on any atom is 0.106 e. The largest absolute Gasteiger partial charge is 0.466 e. The van der Waals surface area contributed by atoms with Gasteiger partial charge in [-0.1, -0.05) is 18.5 Å². The second-order valence-electron chi connectivity index (χ2n) is 5.67. The summed E-state index contributed by atoms with van der Waals surface area (Å²) in [4.78, 5) is 0. The van der Waals surface area contributed by atoms with Crippen molar-refractivity contribution < 1.29 is 4.42 Å². The first-order valence-corrected chi connectivity index (χ1v) is 7.86. The van der Waals surface area contributed by atoms with Gasteiger partial charge in [0.2, 0.25) is 0 Å². The molecular weight excluding hydrogens is 286 g/mol. The predicted molar refractivity (Wildman–Crippen MR) is 85.9 cm³/mol. The highest BCUT2D eigenvalue weighted by molar-refractivity contribution is 6.31. The zero-order valence-electron chi connectivity index (χ0n) is 13.4. The molecule has 1 atom stereocenters. The summed E-state index contributed by atoms with van der Waals surface area (Å²) in [5.74, 6) is 1.84. The molecule has 1 N–H and O–H groups in total. The van der Waals surface area contributed by atoms with E-state index in [9.17, 15) is 0 Å². The maximum atomic E-state index is 6.42. The molecule has 4 nitrogen and oxygen atoms in total. The SMILES string of the molecule is CCCNC(c1cc(C)oc1C)c1c(Cl)cnn1C(C)C. The monoisotopic (exact) mass is 309 g/mol. The van der Waals surface area contributed by atoms with Gasteiger partial charge in [-0.05, 0) is 46.7 Å². The van der Waals surface area contributed by atoms with Crippen LogP contribution in [0.1, 0.15) is 62.1 Å². The van der Waals surface area contributed by atoms with Crippen molar-refractivity contribution in [1.82, 2.24) is 15.1 Å². The molecule has 2 aromatic rings. The lowest BCUT2D eigenvalue weighted by Gasteiger charge is -2.22. The van der Waals surface area contributed by atoms with Crippen LogP contribution in [0.4, 0.5) is 0 Å². The molecule has 0 aliphatic rings. The molecule has 0 aliphatic heterocycles. The van der Waals surface area contributed by atoms with Crippen LogP contribution in [0, 0.1) is 13.8 Å². The van der Waals surface area contributed by atoms with E-state index in [1.165, 1.54) is 0 Å². The second kappa shape index (κ2) is 6.67. The fourth-order valence-corrected chi connectivity index (χ4v) is 2.85. The molecule has 0 saturated carbocycles. The van der Waals surface area contributed by atoms with Gasteiger partial charge >= 0.3 is 0 Å². The normalized spacial score (nSPS) is 13.1. The second-order valence-corrected chi connectivity index (χ2v) is 6.08. The summed E-state index contributed by atoms with van der Waals surface area (Å²) in [5.41, 5.74) is 2.13. The highest BCUT2D eigenvalue weighted by atomic mass is 35.5. The van der Waals surface area contributed by atoms with E-state index in [4.69, 9.17) is 16.0 Å². The minimum absolute atomic E-state index is 0.000185. The molecule has 0 amide bonds. The molecule has 2 aromatic heterocycles. The van der Waals surface area contributed by atoms with Crippen LogP contribution in [0.2, 0.25) is 5.02 Å². The molecule has 116 valence electrons. The number of furan rings is 1. The van der Waals surface area contributed by atoms with Gasteiger partial charge < -0.3 is 9.73 Å². The lowest BCUT2D eigenvalue weighted by molar-refractivity contribution is 0.461. The Morgan fingerprint density at radius 2 is 2.10 bits per heavy atom. The molecule has 0 aliphatic carbocycles. The van der Waals surface area contributed by atoms with Gasteiger partial charge in [0.1, 0.15) is 11.5 Å². The zero-order chi connectivity index (χ0) is 15.6. The molecule has 1 unspecified atom stereocenters. The number of hydrogen-bond acceptors (Lipinski definition) is 3. The van der Waals surface area contributed by atoms with E-state index >= 15 is 0 Å². The van der Waals surface area contributed by atoms with Crippen LogP contribution in [-0.4, -0.2) is 16.3 Å². The summed E-state index contributed by atoms with van der Waals surface area (Å²) in [6.07, 6.45) is 2.78. The summed E-state index contributed by atoms with van der Waals surface area (Å²) >= 11 is 6.42. The molecule has 0 spiro atoms. The Labute approximate surface area is 131 Å². The van der Waals surface area contributed by atoms with E-state index in [0.29, 0.717) is 5.02 Å². The molecule has 21 heavy (non-hydrogen) atoms. The molecular formula is C16H24ClN3O. The number of rotatable bonds is 6. The number of nitrogens with one attached hydrogen (secondary N) is 1. The van der Waals surface area contributed by atoms with Gasteiger partial charge in [-0.2, -0.15) is 5.10 Å². The summed E-state index contributed by atoms with van der Waals surface area (Å²) in [5, 5.41) is 8.68. The van der Waals surface area contributed by atoms with Crippen LogP contribution in [-0.2, 0) is 0 Å². The topological polar surface area (TPSA) is 43.0 Å². The summed E-state index contributed by atoms with van der Waals surface area (Å²) in [6.45, 7) is 11.2. The smallest absolute Gasteiger partial charge is 0.106 e. The van der Waals surface area contributed by atoms with E-state index in [1.807, 2.05) is 18.5 Å². The number of aromatic nitrogens is 2. The highest BCUT2D eigenvalue weighted by Gasteiger charge is 2.25. The first-order valence-electron chi connectivity index (χ1n) is 7.48.